The number of alkyl halides is 3. The maximum atomic E-state index is 12.4. The lowest BCUT2D eigenvalue weighted by molar-refractivity contribution is -0.148. The Morgan fingerprint density at radius 2 is 1.88 bits per heavy atom. The quantitative estimate of drug-likeness (QED) is 0.856. The van der Waals surface area contributed by atoms with E-state index in [2.05, 4.69) is 5.32 Å². The molecule has 2 rings (SSSR count). The highest BCUT2D eigenvalue weighted by molar-refractivity contribution is 5.42. The van der Waals surface area contributed by atoms with Crippen molar-refractivity contribution in [3.63, 3.8) is 0 Å². The number of hydrogen-bond donors (Lipinski definition) is 1. The lowest BCUT2D eigenvalue weighted by Crippen LogP contribution is -2.46. The molecule has 1 aliphatic rings. The number of halogens is 3. The number of nitrogens with zero attached hydrogens (tertiary/aromatic N) is 1. The number of rotatable bonds is 6. The van der Waals surface area contributed by atoms with Gasteiger partial charge in [-0.05, 0) is 38.9 Å². The molecule has 1 heterocycles. The van der Waals surface area contributed by atoms with E-state index in [4.69, 9.17) is 9.47 Å². The highest BCUT2D eigenvalue weighted by Gasteiger charge is 2.32. The fourth-order valence-electron chi connectivity index (χ4n) is 3.13. The summed E-state index contributed by atoms with van der Waals surface area (Å²) in [6.07, 6.45) is -2.71. The van der Waals surface area contributed by atoms with Crippen molar-refractivity contribution in [1.29, 1.82) is 0 Å². The Bertz CT molecular complexity index is 529. The number of methoxy groups -OCH3 is 2. The molecule has 136 valence electrons. The first kappa shape index (κ1) is 18.9. The molecular weight excluding hydrogens is 321 g/mol. The molecule has 0 aliphatic carbocycles. The highest BCUT2D eigenvalue weighted by atomic mass is 19.4. The third-order valence-electron chi connectivity index (χ3n) is 4.38. The minimum Gasteiger partial charge on any atom is -0.497 e. The highest BCUT2D eigenvalue weighted by Crippen LogP contribution is 2.30. The zero-order chi connectivity index (χ0) is 17.7. The Kier molecular flexibility index (Phi) is 6.34. The normalized spacial score (nSPS) is 18.4. The van der Waals surface area contributed by atoms with E-state index in [1.54, 1.807) is 14.2 Å². The van der Waals surface area contributed by atoms with Crippen LogP contribution in [0.25, 0.3) is 0 Å². The molecule has 0 radical (unpaired) electrons. The van der Waals surface area contributed by atoms with Crippen molar-refractivity contribution in [2.45, 2.75) is 38.0 Å². The van der Waals surface area contributed by atoms with E-state index in [1.807, 2.05) is 25.1 Å². The van der Waals surface area contributed by atoms with Gasteiger partial charge < -0.3 is 14.8 Å². The van der Waals surface area contributed by atoms with Crippen molar-refractivity contribution in [3.05, 3.63) is 23.8 Å². The SMILES string of the molecule is COc1ccc([C@H](C)NC2CCN(CC(F)(F)F)CC2)c(OC)c1. The number of piperidine rings is 1. The monoisotopic (exact) mass is 346 g/mol. The van der Waals surface area contributed by atoms with Crippen LogP contribution in [0.1, 0.15) is 31.4 Å². The molecule has 0 unspecified atom stereocenters. The molecule has 4 nitrogen and oxygen atoms in total. The van der Waals surface area contributed by atoms with Crippen LogP contribution in [-0.4, -0.2) is 51.0 Å². The van der Waals surface area contributed by atoms with Gasteiger partial charge >= 0.3 is 6.18 Å². The van der Waals surface area contributed by atoms with Gasteiger partial charge in [0, 0.05) is 23.7 Å². The third-order valence-corrected chi connectivity index (χ3v) is 4.38. The molecule has 1 saturated heterocycles. The second-order valence-electron chi connectivity index (χ2n) is 6.16. The van der Waals surface area contributed by atoms with Crippen molar-refractivity contribution in [1.82, 2.24) is 10.2 Å². The first-order chi connectivity index (χ1) is 11.3. The molecule has 1 fully saturated rings. The van der Waals surface area contributed by atoms with Gasteiger partial charge in [0.1, 0.15) is 11.5 Å². The van der Waals surface area contributed by atoms with E-state index in [0.29, 0.717) is 25.9 Å². The van der Waals surface area contributed by atoms with Crippen LogP contribution in [0, 0.1) is 0 Å². The minimum absolute atomic E-state index is 0.0463. The first-order valence-corrected chi connectivity index (χ1v) is 8.09. The van der Waals surface area contributed by atoms with E-state index in [0.717, 1.165) is 17.1 Å². The van der Waals surface area contributed by atoms with Crippen LogP contribution in [0.5, 0.6) is 11.5 Å². The van der Waals surface area contributed by atoms with Crippen molar-refractivity contribution < 1.29 is 22.6 Å². The van der Waals surface area contributed by atoms with E-state index >= 15 is 0 Å². The van der Waals surface area contributed by atoms with Crippen LogP contribution in [0.2, 0.25) is 0 Å². The molecule has 0 aromatic heterocycles. The van der Waals surface area contributed by atoms with Gasteiger partial charge in [0.15, 0.2) is 0 Å². The van der Waals surface area contributed by atoms with Gasteiger partial charge in [-0.2, -0.15) is 13.2 Å². The number of ether oxygens (including phenoxy) is 2. The second kappa shape index (κ2) is 8.07. The molecule has 0 saturated carbocycles. The molecule has 1 aliphatic heterocycles. The number of hydrogen-bond acceptors (Lipinski definition) is 4. The van der Waals surface area contributed by atoms with Gasteiger partial charge in [-0.15, -0.1) is 0 Å². The zero-order valence-corrected chi connectivity index (χ0v) is 14.3. The van der Waals surface area contributed by atoms with Gasteiger partial charge in [-0.3, -0.25) is 4.90 Å². The van der Waals surface area contributed by atoms with Crippen molar-refractivity contribution in [2.75, 3.05) is 33.9 Å². The van der Waals surface area contributed by atoms with Crippen LogP contribution in [0.4, 0.5) is 13.2 Å². The van der Waals surface area contributed by atoms with E-state index < -0.39 is 12.7 Å². The van der Waals surface area contributed by atoms with Crippen molar-refractivity contribution in [2.24, 2.45) is 0 Å². The second-order valence-corrected chi connectivity index (χ2v) is 6.16. The summed E-state index contributed by atoms with van der Waals surface area (Å²) < 4.78 is 47.9. The van der Waals surface area contributed by atoms with Crippen molar-refractivity contribution >= 4 is 0 Å². The number of nitrogens with one attached hydrogen (secondary N) is 1. The minimum atomic E-state index is -4.12. The number of benzene rings is 1. The van der Waals surface area contributed by atoms with Gasteiger partial charge in [0.05, 0.1) is 20.8 Å². The molecular formula is C17H25F3N2O2. The Morgan fingerprint density at radius 3 is 2.42 bits per heavy atom. The summed E-state index contributed by atoms with van der Waals surface area (Å²) in [4.78, 5) is 1.47. The van der Waals surface area contributed by atoms with Gasteiger partial charge in [-0.1, -0.05) is 6.07 Å². The van der Waals surface area contributed by atoms with Crippen LogP contribution >= 0.6 is 0 Å². The Labute approximate surface area is 140 Å². The molecule has 0 amide bonds. The fourth-order valence-corrected chi connectivity index (χ4v) is 3.13. The zero-order valence-electron chi connectivity index (χ0n) is 14.3. The summed E-state index contributed by atoms with van der Waals surface area (Å²) in [7, 11) is 3.21. The fraction of sp³-hybridized carbons (Fsp3) is 0.647. The van der Waals surface area contributed by atoms with Gasteiger partial charge in [-0.25, -0.2) is 0 Å². The maximum Gasteiger partial charge on any atom is 0.401 e. The Balaban J connectivity index is 1.91. The summed E-state index contributed by atoms with van der Waals surface area (Å²) >= 11 is 0. The molecule has 1 atom stereocenters. The molecule has 7 heteroatoms. The van der Waals surface area contributed by atoms with Crippen LogP contribution in [0.3, 0.4) is 0 Å². The first-order valence-electron chi connectivity index (χ1n) is 8.09. The van der Waals surface area contributed by atoms with Crippen LogP contribution < -0.4 is 14.8 Å². The average molecular weight is 346 g/mol. The predicted octanol–water partition coefficient (Wildman–Crippen LogP) is 3.38. The number of likely N-dealkylation sites (tertiary alicyclic amines) is 1. The average Bonchev–Trinajstić information content (AvgIpc) is 2.54. The van der Waals surface area contributed by atoms with Crippen LogP contribution in [-0.2, 0) is 0 Å². The standard InChI is InChI=1S/C17H25F3N2O2/c1-12(15-5-4-14(23-2)10-16(15)24-3)21-13-6-8-22(9-7-13)11-17(18,19)20/h4-5,10,12-13,21H,6-9,11H2,1-3H3/t12-/m0/s1. The smallest absolute Gasteiger partial charge is 0.401 e. The van der Waals surface area contributed by atoms with Gasteiger partial charge in [0.25, 0.3) is 0 Å². The van der Waals surface area contributed by atoms with E-state index in [9.17, 15) is 13.2 Å². The molecule has 24 heavy (non-hydrogen) atoms. The summed E-state index contributed by atoms with van der Waals surface area (Å²) in [5.74, 6) is 1.46. The molecule has 1 aromatic carbocycles. The predicted molar refractivity (Wildman–Crippen MR) is 86.6 cm³/mol. The van der Waals surface area contributed by atoms with Gasteiger partial charge in [0.2, 0.25) is 0 Å². The van der Waals surface area contributed by atoms with Crippen molar-refractivity contribution in [3.8, 4) is 11.5 Å². The summed E-state index contributed by atoms with van der Waals surface area (Å²) in [6, 6.07) is 5.91. The maximum absolute atomic E-state index is 12.4. The summed E-state index contributed by atoms with van der Waals surface area (Å²) in [6.45, 7) is 2.14. The van der Waals surface area contributed by atoms with E-state index in [-0.39, 0.29) is 12.1 Å². The molecule has 0 spiro atoms. The molecule has 0 bridgehead atoms. The topological polar surface area (TPSA) is 33.7 Å². The lowest BCUT2D eigenvalue weighted by Gasteiger charge is -2.34. The largest absolute Gasteiger partial charge is 0.497 e. The lowest BCUT2D eigenvalue weighted by atomic mass is 10.0. The van der Waals surface area contributed by atoms with E-state index in [1.165, 1.54) is 4.90 Å². The molecule has 1 N–H and O–H groups in total. The summed E-state index contributed by atoms with van der Waals surface area (Å²) in [5.41, 5.74) is 1.01. The Morgan fingerprint density at radius 1 is 1.21 bits per heavy atom. The third kappa shape index (κ3) is 5.27. The van der Waals surface area contributed by atoms with Crippen LogP contribution in [0.15, 0.2) is 18.2 Å². The Hall–Kier alpha value is -1.47. The molecule has 1 aromatic rings. The summed E-state index contributed by atoms with van der Waals surface area (Å²) in [5, 5.41) is 3.50.